The maximum absolute atomic E-state index is 5.06. The van der Waals surface area contributed by atoms with Crippen molar-refractivity contribution in [3.63, 3.8) is 0 Å². The minimum atomic E-state index is 0.609. The second-order valence-electron chi connectivity index (χ2n) is 5.96. The Balaban J connectivity index is 2.26. The number of rotatable bonds is 9. The molecule has 1 heterocycles. The third kappa shape index (κ3) is 8.94. The third-order valence-corrected chi connectivity index (χ3v) is 3.74. The Morgan fingerprint density at radius 3 is 2.67 bits per heavy atom. The largest absolute Gasteiger partial charge is 0.385 e. The van der Waals surface area contributed by atoms with Crippen LogP contribution in [0.3, 0.4) is 0 Å². The predicted octanol–water partition coefficient (Wildman–Crippen LogP) is 1.70. The van der Waals surface area contributed by atoms with Crippen LogP contribution in [0.25, 0.3) is 0 Å². The van der Waals surface area contributed by atoms with Gasteiger partial charge in [0.1, 0.15) is 0 Å². The number of hydrogen-bond donors (Lipinski definition) is 2. The molecule has 0 aliphatic carbocycles. The summed E-state index contributed by atoms with van der Waals surface area (Å²) in [5, 5.41) is 6.66. The molecule has 0 spiro atoms. The van der Waals surface area contributed by atoms with Crippen molar-refractivity contribution < 1.29 is 4.74 Å². The predicted molar refractivity (Wildman–Crippen MR) is 89.9 cm³/mol. The van der Waals surface area contributed by atoms with E-state index in [-0.39, 0.29) is 0 Å². The Bertz CT molecular complexity index is 277. The summed E-state index contributed by atoms with van der Waals surface area (Å²) in [4.78, 5) is 7.29. The number of ether oxygens (including phenoxy) is 1. The van der Waals surface area contributed by atoms with Crippen molar-refractivity contribution in [2.24, 2.45) is 10.9 Å². The highest BCUT2D eigenvalue weighted by atomic mass is 16.5. The molecule has 1 rings (SSSR count). The van der Waals surface area contributed by atoms with Crippen molar-refractivity contribution in [2.75, 3.05) is 53.0 Å². The Hall–Kier alpha value is -0.810. The van der Waals surface area contributed by atoms with Gasteiger partial charge in [0.2, 0.25) is 0 Å². The van der Waals surface area contributed by atoms with Crippen molar-refractivity contribution in [3.05, 3.63) is 0 Å². The number of hydrogen-bond acceptors (Lipinski definition) is 3. The number of guanidine groups is 1. The molecule has 21 heavy (non-hydrogen) atoms. The van der Waals surface area contributed by atoms with Crippen molar-refractivity contribution in [2.45, 2.75) is 39.5 Å². The molecule has 1 saturated heterocycles. The summed E-state index contributed by atoms with van der Waals surface area (Å²) in [6.07, 6.45) is 5.13. The maximum Gasteiger partial charge on any atom is 0.191 e. The fraction of sp³-hybridized carbons (Fsp3) is 0.938. The lowest BCUT2D eigenvalue weighted by molar-refractivity contribution is 0.195. The lowest BCUT2D eigenvalue weighted by Gasteiger charge is -2.28. The minimum Gasteiger partial charge on any atom is -0.385 e. The van der Waals surface area contributed by atoms with E-state index in [9.17, 15) is 0 Å². The van der Waals surface area contributed by atoms with E-state index in [1.165, 1.54) is 38.9 Å². The van der Waals surface area contributed by atoms with Gasteiger partial charge in [-0.15, -0.1) is 0 Å². The Morgan fingerprint density at radius 2 is 2.00 bits per heavy atom. The first-order valence-electron chi connectivity index (χ1n) is 8.49. The first-order chi connectivity index (χ1) is 10.3. The van der Waals surface area contributed by atoms with E-state index >= 15 is 0 Å². The molecule has 0 bridgehead atoms. The Morgan fingerprint density at radius 1 is 1.24 bits per heavy atom. The van der Waals surface area contributed by atoms with Gasteiger partial charge in [0, 0.05) is 39.9 Å². The zero-order chi connectivity index (χ0) is 15.3. The fourth-order valence-corrected chi connectivity index (χ4v) is 2.65. The molecule has 5 heteroatoms. The van der Waals surface area contributed by atoms with Gasteiger partial charge in [-0.2, -0.15) is 0 Å². The van der Waals surface area contributed by atoms with Crippen molar-refractivity contribution >= 4 is 5.96 Å². The Kier molecular flexibility index (Phi) is 10.3. The second kappa shape index (κ2) is 11.8. The summed E-state index contributed by atoms with van der Waals surface area (Å²) in [5.74, 6) is 1.54. The molecule has 1 unspecified atom stereocenters. The van der Waals surface area contributed by atoms with Gasteiger partial charge in [0.25, 0.3) is 0 Å². The lowest BCUT2D eigenvalue weighted by atomic mass is 10.1. The molecule has 0 aromatic rings. The molecule has 1 aliphatic heterocycles. The number of piperidine rings is 1. The number of nitrogens with one attached hydrogen (secondary N) is 2. The van der Waals surface area contributed by atoms with Crippen molar-refractivity contribution in [1.82, 2.24) is 15.5 Å². The standard InChI is InChI=1S/C16H34N4O/c1-4-17-16(18-9-8-12-21-3)19-13-15(2)14-20-10-6-5-7-11-20/h15H,4-14H2,1-3H3,(H2,17,18,19). The summed E-state index contributed by atoms with van der Waals surface area (Å²) in [7, 11) is 1.74. The van der Waals surface area contributed by atoms with Gasteiger partial charge >= 0.3 is 0 Å². The van der Waals surface area contributed by atoms with Crippen LogP contribution in [0, 0.1) is 5.92 Å². The van der Waals surface area contributed by atoms with Gasteiger partial charge in [-0.3, -0.25) is 4.99 Å². The SMILES string of the molecule is CCNC(=NCC(C)CN1CCCCC1)NCCCOC. The van der Waals surface area contributed by atoms with E-state index in [0.717, 1.165) is 38.6 Å². The first kappa shape index (κ1) is 18.2. The van der Waals surface area contributed by atoms with Crippen LogP contribution in [0.5, 0.6) is 0 Å². The highest BCUT2D eigenvalue weighted by Gasteiger charge is 2.13. The quantitative estimate of drug-likeness (QED) is 0.386. The van der Waals surface area contributed by atoms with Gasteiger partial charge < -0.3 is 20.3 Å². The molecule has 0 aromatic heterocycles. The lowest BCUT2D eigenvalue weighted by Crippen LogP contribution is -2.39. The number of likely N-dealkylation sites (tertiary alicyclic amines) is 1. The van der Waals surface area contributed by atoms with E-state index in [4.69, 9.17) is 9.73 Å². The van der Waals surface area contributed by atoms with Crippen LogP contribution in [-0.2, 0) is 4.74 Å². The van der Waals surface area contributed by atoms with Gasteiger partial charge in [0.05, 0.1) is 0 Å². The minimum absolute atomic E-state index is 0.609. The molecule has 5 nitrogen and oxygen atoms in total. The topological polar surface area (TPSA) is 48.9 Å². The molecule has 1 aliphatic rings. The first-order valence-corrected chi connectivity index (χ1v) is 8.49. The number of nitrogens with zero attached hydrogens (tertiary/aromatic N) is 2. The van der Waals surface area contributed by atoms with E-state index in [1.807, 2.05) is 0 Å². The van der Waals surface area contributed by atoms with Gasteiger partial charge in [-0.1, -0.05) is 13.3 Å². The molecule has 2 N–H and O–H groups in total. The van der Waals surface area contributed by atoms with Gasteiger partial charge in [-0.05, 0) is 45.2 Å². The summed E-state index contributed by atoms with van der Waals surface area (Å²) < 4.78 is 5.06. The number of aliphatic imine (C=N–C) groups is 1. The maximum atomic E-state index is 5.06. The summed E-state index contributed by atoms with van der Waals surface area (Å²) in [6.45, 7) is 11.6. The normalized spacial score (nSPS) is 18.5. The van der Waals surface area contributed by atoms with Crippen LogP contribution in [0.4, 0.5) is 0 Å². The second-order valence-corrected chi connectivity index (χ2v) is 5.96. The summed E-state index contributed by atoms with van der Waals surface area (Å²) in [5.41, 5.74) is 0. The zero-order valence-corrected chi connectivity index (χ0v) is 14.2. The van der Waals surface area contributed by atoms with Crippen LogP contribution < -0.4 is 10.6 Å². The highest BCUT2D eigenvalue weighted by Crippen LogP contribution is 2.10. The van der Waals surface area contributed by atoms with Crippen LogP contribution >= 0.6 is 0 Å². The van der Waals surface area contributed by atoms with E-state index in [0.29, 0.717) is 5.92 Å². The van der Waals surface area contributed by atoms with Crippen molar-refractivity contribution in [3.8, 4) is 0 Å². The smallest absolute Gasteiger partial charge is 0.191 e. The summed E-state index contributed by atoms with van der Waals surface area (Å²) >= 11 is 0. The molecule has 1 atom stereocenters. The molecular formula is C16H34N4O. The number of methoxy groups -OCH3 is 1. The molecule has 0 aromatic carbocycles. The highest BCUT2D eigenvalue weighted by molar-refractivity contribution is 5.79. The molecule has 0 radical (unpaired) electrons. The van der Waals surface area contributed by atoms with Crippen LogP contribution in [-0.4, -0.2) is 63.8 Å². The fourth-order valence-electron chi connectivity index (χ4n) is 2.65. The molecule has 124 valence electrons. The monoisotopic (exact) mass is 298 g/mol. The molecule has 1 fully saturated rings. The van der Waals surface area contributed by atoms with Crippen LogP contribution in [0.2, 0.25) is 0 Å². The van der Waals surface area contributed by atoms with Crippen LogP contribution in [0.15, 0.2) is 4.99 Å². The molecule has 0 saturated carbocycles. The van der Waals surface area contributed by atoms with E-state index in [1.54, 1.807) is 7.11 Å². The average molecular weight is 298 g/mol. The Labute approximate surface area is 130 Å². The summed E-state index contributed by atoms with van der Waals surface area (Å²) in [6, 6.07) is 0. The van der Waals surface area contributed by atoms with Crippen molar-refractivity contribution in [1.29, 1.82) is 0 Å². The zero-order valence-electron chi connectivity index (χ0n) is 14.2. The molecule has 0 amide bonds. The van der Waals surface area contributed by atoms with Gasteiger partial charge in [0.15, 0.2) is 5.96 Å². The van der Waals surface area contributed by atoms with E-state index in [2.05, 4.69) is 29.4 Å². The molecular weight excluding hydrogens is 264 g/mol. The van der Waals surface area contributed by atoms with E-state index < -0.39 is 0 Å². The average Bonchev–Trinajstić information content (AvgIpc) is 2.50. The third-order valence-electron chi connectivity index (χ3n) is 3.74. The van der Waals surface area contributed by atoms with Crippen LogP contribution in [0.1, 0.15) is 39.5 Å². The van der Waals surface area contributed by atoms with Gasteiger partial charge in [-0.25, -0.2) is 0 Å².